The van der Waals surface area contributed by atoms with E-state index >= 15 is 0 Å². The van der Waals surface area contributed by atoms with Crippen molar-refractivity contribution in [2.45, 2.75) is 0 Å². The zero-order valence-corrected chi connectivity index (χ0v) is 15.8. The van der Waals surface area contributed by atoms with Gasteiger partial charge in [0.2, 0.25) is 4.80 Å². The van der Waals surface area contributed by atoms with Gasteiger partial charge in [-0.3, -0.25) is 9.79 Å². The Morgan fingerprint density at radius 1 is 1.19 bits per heavy atom. The molecule has 0 fully saturated rings. The van der Waals surface area contributed by atoms with Crippen LogP contribution >= 0.6 is 22.7 Å². The monoisotopic (exact) mass is 380 g/mol. The highest BCUT2D eigenvalue weighted by Crippen LogP contribution is 2.29. The Balaban J connectivity index is 1.93. The van der Waals surface area contributed by atoms with E-state index in [1.807, 2.05) is 47.2 Å². The number of rotatable bonds is 4. The molecule has 4 rings (SSSR count). The Labute approximate surface area is 158 Å². The van der Waals surface area contributed by atoms with E-state index < -0.39 is 0 Å². The molecule has 0 saturated heterocycles. The number of para-hydroxylation sites is 1. The first kappa shape index (κ1) is 16.7. The van der Waals surface area contributed by atoms with Crippen LogP contribution in [-0.2, 0) is 4.79 Å². The van der Waals surface area contributed by atoms with Crippen molar-refractivity contribution in [1.29, 1.82) is 0 Å². The fourth-order valence-electron chi connectivity index (χ4n) is 2.79. The van der Waals surface area contributed by atoms with E-state index in [1.54, 1.807) is 34.0 Å². The quantitative estimate of drug-likeness (QED) is 0.638. The van der Waals surface area contributed by atoms with Crippen molar-refractivity contribution in [2.24, 2.45) is 10.1 Å². The minimum atomic E-state index is -0.114. The SMILES string of the molecule is C=CCN=c1scc(-c2cccs2)n1N=C1C(=O)N(C)c2ccccc21. The summed E-state index contributed by atoms with van der Waals surface area (Å²) in [5.41, 5.74) is 3.07. The van der Waals surface area contributed by atoms with Crippen molar-refractivity contribution in [3.8, 4) is 10.6 Å². The molecule has 1 aliphatic rings. The number of carbonyl (C=O) groups excluding carboxylic acids is 1. The summed E-state index contributed by atoms with van der Waals surface area (Å²) in [6, 6.07) is 11.7. The van der Waals surface area contributed by atoms with Crippen molar-refractivity contribution in [1.82, 2.24) is 4.68 Å². The largest absolute Gasteiger partial charge is 0.309 e. The third-order valence-corrected chi connectivity index (χ3v) is 5.79. The third kappa shape index (κ3) is 2.75. The van der Waals surface area contributed by atoms with Gasteiger partial charge in [-0.2, -0.15) is 5.10 Å². The zero-order chi connectivity index (χ0) is 18.1. The normalized spacial score (nSPS) is 15.7. The first-order valence-corrected chi connectivity index (χ1v) is 9.79. The highest BCUT2D eigenvalue weighted by Gasteiger charge is 2.31. The Kier molecular flexibility index (Phi) is 4.40. The van der Waals surface area contributed by atoms with Crippen molar-refractivity contribution in [3.63, 3.8) is 0 Å². The molecular formula is C19H16N4OS2. The number of benzene rings is 1. The van der Waals surface area contributed by atoms with Crippen LogP contribution in [0.1, 0.15) is 5.56 Å². The summed E-state index contributed by atoms with van der Waals surface area (Å²) in [4.78, 5) is 20.7. The fourth-order valence-corrected chi connectivity index (χ4v) is 4.42. The lowest BCUT2D eigenvalue weighted by Gasteiger charge is -2.07. The van der Waals surface area contributed by atoms with Crippen LogP contribution in [0.3, 0.4) is 0 Å². The van der Waals surface area contributed by atoms with Gasteiger partial charge in [0.05, 0.1) is 22.8 Å². The molecule has 0 bridgehead atoms. The van der Waals surface area contributed by atoms with Crippen molar-refractivity contribution >= 4 is 40.0 Å². The lowest BCUT2D eigenvalue weighted by molar-refractivity contribution is -0.112. The van der Waals surface area contributed by atoms with Crippen LogP contribution in [0.15, 0.2) is 69.9 Å². The molecule has 1 aliphatic heterocycles. The summed E-state index contributed by atoms with van der Waals surface area (Å²) in [6.07, 6.45) is 1.74. The Morgan fingerprint density at radius 3 is 2.81 bits per heavy atom. The maximum absolute atomic E-state index is 12.8. The van der Waals surface area contributed by atoms with Gasteiger partial charge in [-0.25, -0.2) is 4.68 Å². The van der Waals surface area contributed by atoms with Gasteiger partial charge in [0, 0.05) is 18.0 Å². The van der Waals surface area contributed by atoms with Crippen LogP contribution in [0.25, 0.3) is 10.6 Å². The number of hydrogen-bond donors (Lipinski definition) is 0. The molecule has 2 aromatic heterocycles. The van der Waals surface area contributed by atoms with E-state index in [2.05, 4.69) is 11.6 Å². The minimum absolute atomic E-state index is 0.114. The lowest BCUT2D eigenvalue weighted by Crippen LogP contribution is -2.27. The average Bonchev–Trinajstić information content (AvgIpc) is 3.37. The van der Waals surface area contributed by atoms with Crippen molar-refractivity contribution in [2.75, 3.05) is 18.5 Å². The molecule has 0 aliphatic carbocycles. The van der Waals surface area contributed by atoms with Gasteiger partial charge < -0.3 is 4.90 Å². The molecule has 130 valence electrons. The first-order chi connectivity index (χ1) is 12.7. The maximum Gasteiger partial charge on any atom is 0.279 e. The smallest absolute Gasteiger partial charge is 0.279 e. The standard InChI is InChI=1S/C19H16N4OS2/c1-3-10-20-19-23(15(12-26-19)16-9-6-11-25-16)21-17-13-7-4-5-8-14(13)22(2)18(17)24/h3-9,11-12H,1,10H2,2H3. The molecule has 7 heteroatoms. The van der Waals surface area contributed by atoms with Crippen LogP contribution in [0.4, 0.5) is 5.69 Å². The van der Waals surface area contributed by atoms with Crippen LogP contribution < -0.4 is 9.70 Å². The number of nitrogens with zero attached hydrogens (tertiary/aromatic N) is 4. The molecule has 0 N–H and O–H groups in total. The van der Waals surface area contributed by atoms with Gasteiger partial charge in [0.1, 0.15) is 0 Å². The molecule has 0 atom stereocenters. The summed E-state index contributed by atoms with van der Waals surface area (Å²) >= 11 is 3.14. The number of thiophene rings is 1. The lowest BCUT2D eigenvalue weighted by atomic mass is 10.1. The molecular weight excluding hydrogens is 364 g/mol. The second kappa shape index (κ2) is 6.86. The molecule has 5 nitrogen and oxygen atoms in total. The number of likely N-dealkylation sites (N-methyl/N-ethyl adjacent to an activating group) is 1. The summed E-state index contributed by atoms with van der Waals surface area (Å²) in [5.74, 6) is -0.114. The van der Waals surface area contributed by atoms with E-state index in [0.717, 1.165) is 26.6 Å². The van der Waals surface area contributed by atoms with Crippen molar-refractivity contribution < 1.29 is 4.79 Å². The summed E-state index contributed by atoms with van der Waals surface area (Å²) in [5, 5.41) is 8.77. The van der Waals surface area contributed by atoms with Crippen molar-refractivity contribution in [3.05, 3.63) is 70.2 Å². The molecule has 0 saturated carbocycles. The molecule has 0 spiro atoms. The van der Waals surface area contributed by atoms with Crippen LogP contribution in [0.5, 0.6) is 0 Å². The predicted octanol–water partition coefficient (Wildman–Crippen LogP) is 3.59. The van der Waals surface area contributed by atoms with E-state index in [-0.39, 0.29) is 5.91 Å². The molecule has 26 heavy (non-hydrogen) atoms. The van der Waals surface area contributed by atoms with Crippen LogP contribution in [0, 0.1) is 0 Å². The zero-order valence-electron chi connectivity index (χ0n) is 14.1. The van der Waals surface area contributed by atoms with Gasteiger partial charge in [-0.15, -0.1) is 29.3 Å². The number of thiazole rings is 1. The predicted molar refractivity (Wildman–Crippen MR) is 108 cm³/mol. The molecule has 0 radical (unpaired) electrons. The van der Waals surface area contributed by atoms with E-state index in [4.69, 9.17) is 5.10 Å². The summed E-state index contributed by atoms with van der Waals surface area (Å²) < 4.78 is 1.77. The number of carbonyl (C=O) groups is 1. The number of hydrogen-bond acceptors (Lipinski definition) is 5. The van der Waals surface area contributed by atoms with Gasteiger partial charge >= 0.3 is 0 Å². The van der Waals surface area contributed by atoms with E-state index in [1.165, 1.54) is 11.3 Å². The first-order valence-electron chi connectivity index (χ1n) is 8.03. The fraction of sp³-hybridized carbons (Fsp3) is 0.105. The maximum atomic E-state index is 12.8. The number of anilines is 1. The topological polar surface area (TPSA) is 50.0 Å². The number of amides is 1. The van der Waals surface area contributed by atoms with Crippen LogP contribution in [0.2, 0.25) is 0 Å². The number of fused-ring (bicyclic) bond motifs is 1. The second-order valence-electron chi connectivity index (χ2n) is 5.65. The minimum Gasteiger partial charge on any atom is -0.309 e. The molecule has 0 unspecified atom stereocenters. The van der Waals surface area contributed by atoms with Gasteiger partial charge in [-0.05, 0) is 17.5 Å². The molecule has 1 amide bonds. The Morgan fingerprint density at radius 2 is 2.04 bits per heavy atom. The molecule has 1 aromatic carbocycles. The van der Waals surface area contributed by atoms with E-state index in [9.17, 15) is 4.79 Å². The highest BCUT2D eigenvalue weighted by atomic mass is 32.1. The van der Waals surface area contributed by atoms with E-state index in [0.29, 0.717) is 12.3 Å². The summed E-state index contributed by atoms with van der Waals surface area (Å²) in [6.45, 7) is 4.22. The number of aromatic nitrogens is 1. The molecule has 3 aromatic rings. The molecule has 3 heterocycles. The highest BCUT2D eigenvalue weighted by molar-refractivity contribution is 7.14. The van der Waals surface area contributed by atoms with Gasteiger partial charge in [0.15, 0.2) is 5.71 Å². The van der Waals surface area contributed by atoms with Gasteiger partial charge in [0.25, 0.3) is 5.91 Å². The second-order valence-corrected chi connectivity index (χ2v) is 7.44. The average molecular weight is 380 g/mol. The Hall–Kier alpha value is -2.77. The third-order valence-electron chi connectivity index (χ3n) is 4.04. The van der Waals surface area contributed by atoms with Crippen LogP contribution in [-0.4, -0.2) is 29.9 Å². The van der Waals surface area contributed by atoms with Gasteiger partial charge in [-0.1, -0.05) is 30.3 Å². The summed E-state index contributed by atoms with van der Waals surface area (Å²) in [7, 11) is 1.77. The Bertz CT molecular complexity index is 1070.